The summed E-state index contributed by atoms with van der Waals surface area (Å²) in [6, 6.07) is 0. The average Bonchev–Trinajstić information content (AvgIpc) is 2.63. The van der Waals surface area contributed by atoms with E-state index in [1.807, 2.05) is 0 Å². The molecule has 0 unspecified atom stereocenters. The van der Waals surface area contributed by atoms with E-state index in [2.05, 4.69) is 13.8 Å². The highest BCUT2D eigenvalue weighted by Gasteiger charge is 2.33. The fourth-order valence-corrected chi connectivity index (χ4v) is 4.60. The second kappa shape index (κ2) is 14.8. The Morgan fingerprint density at radius 2 is 0.960 bits per heavy atom. The lowest BCUT2D eigenvalue weighted by molar-refractivity contribution is -0.122. The van der Waals surface area contributed by atoms with Crippen LogP contribution in [-0.2, 0) is 4.79 Å². The molecule has 0 N–H and O–H groups in total. The molecule has 25 heavy (non-hydrogen) atoms. The van der Waals surface area contributed by atoms with E-state index >= 15 is 0 Å². The van der Waals surface area contributed by atoms with Crippen molar-refractivity contribution in [2.75, 3.05) is 0 Å². The van der Waals surface area contributed by atoms with Gasteiger partial charge in [-0.05, 0) is 31.1 Å². The van der Waals surface area contributed by atoms with Crippen molar-refractivity contribution in [2.45, 2.75) is 142 Å². The number of carbonyl (C=O) groups excluding carboxylic acids is 1. The number of carbonyl (C=O) groups is 1. The van der Waals surface area contributed by atoms with Gasteiger partial charge in [-0.2, -0.15) is 0 Å². The fourth-order valence-electron chi connectivity index (χ4n) is 4.60. The molecular formula is C24H46O. The van der Waals surface area contributed by atoms with E-state index in [0.29, 0.717) is 11.2 Å². The van der Waals surface area contributed by atoms with Gasteiger partial charge in [-0.3, -0.25) is 4.79 Å². The Bertz CT molecular complexity index is 290. The van der Waals surface area contributed by atoms with Crippen molar-refractivity contribution in [3.8, 4) is 0 Å². The van der Waals surface area contributed by atoms with E-state index in [1.165, 1.54) is 116 Å². The molecule has 148 valence electrons. The first-order chi connectivity index (χ1) is 12.2. The number of unbranched alkanes of at least 4 members (excludes halogenated alkanes) is 12. The third-order valence-electron chi connectivity index (χ3n) is 6.49. The summed E-state index contributed by atoms with van der Waals surface area (Å²) in [6.07, 6.45) is 26.6. The second-order valence-electron chi connectivity index (χ2n) is 8.78. The van der Waals surface area contributed by atoms with Gasteiger partial charge >= 0.3 is 0 Å². The molecule has 0 aromatic carbocycles. The predicted octanol–water partition coefficient (Wildman–Crippen LogP) is 8.40. The van der Waals surface area contributed by atoms with Crippen molar-refractivity contribution in [2.24, 2.45) is 5.41 Å². The van der Waals surface area contributed by atoms with Gasteiger partial charge in [0, 0.05) is 12.8 Å². The van der Waals surface area contributed by atoms with E-state index in [4.69, 9.17) is 0 Å². The Morgan fingerprint density at radius 3 is 1.36 bits per heavy atom. The average molecular weight is 351 g/mol. The van der Waals surface area contributed by atoms with Crippen LogP contribution in [0.5, 0.6) is 0 Å². The molecule has 1 rings (SSSR count). The maximum Gasteiger partial charge on any atom is 0.132 e. The van der Waals surface area contributed by atoms with Gasteiger partial charge in [0.2, 0.25) is 0 Å². The number of Topliss-reactive ketones (excluding diaryl/α,β-unsaturated/α-hetero) is 1. The highest BCUT2D eigenvalue weighted by atomic mass is 16.1. The van der Waals surface area contributed by atoms with Gasteiger partial charge in [0.25, 0.3) is 0 Å². The predicted molar refractivity (Wildman–Crippen MR) is 111 cm³/mol. The molecular weight excluding hydrogens is 304 g/mol. The highest BCUT2D eigenvalue weighted by Crippen LogP contribution is 2.44. The first-order valence-corrected chi connectivity index (χ1v) is 11.7. The van der Waals surface area contributed by atoms with Crippen LogP contribution in [0, 0.1) is 5.41 Å². The third-order valence-corrected chi connectivity index (χ3v) is 6.49. The molecule has 1 aliphatic carbocycles. The van der Waals surface area contributed by atoms with Crippen molar-refractivity contribution in [3.63, 3.8) is 0 Å². The first-order valence-electron chi connectivity index (χ1n) is 11.7. The van der Waals surface area contributed by atoms with Crippen LogP contribution in [0.1, 0.15) is 142 Å². The van der Waals surface area contributed by atoms with Gasteiger partial charge in [0.05, 0.1) is 0 Å². The summed E-state index contributed by atoms with van der Waals surface area (Å²) >= 11 is 0. The van der Waals surface area contributed by atoms with E-state index < -0.39 is 0 Å². The quantitative estimate of drug-likeness (QED) is 0.255. The molecule has 0 bridgehead atoms. The number of hydrogen-bond acceptors (Lipinski definition) is 1. The lowest BCUT2D eigenvalue weighted by atomic mass is 9.67. The number of rotatable bonds is 16. The van der Waals surface area contributed by atoms with Crippen LogP contribution in [0.15, 0.2) is 0 Å². The summed E-state index contributed by atoms with van der Waals surface area (Å²) in [5, 5.41) is 0. The van der Waals surface area contributed by atoms with Gasteiger partial charge < -0.3 is 0 Å². The molecule has 1 heteroatoms. The minimum absolute atomic E-state index is 0.523. The lowest BCUT2D eigenvalue weighted by Gasteiger charge is -2.37. The van der Waals surface area contributed by atoms with Gasteiger partial charge in [-0.25, -0.2) is 0 Å². The molecule has 0 saturated heterocycles. The molecule has 0 radical (unpaired) electrons. The minimum Gasteiger partial charge on any atom is -0.300 e. The zero-order valence-electron chi connectivity index (χ0n) is 17.6. The summed E-state index contributed by atoms with van der Waals surface area (Å²) in [4.78, 5) is 11.7. The van der Waals surface area contributed by atoms with Crippen LogP contribution >= 0.6 is 0 Å². The van der Waals surface area contributed by atoms with Crippen LogP contribution in [0.4, 0.5) is 0 Å². The van der Waals surface area contributed by atoms with Crippen LogP contribution in [0.3, 0.4) is 0 Å². The van der Waals surface area contributed by atoms with E-state index in [-0.39, 0.29) is 0 Å². The molecule has 0 aromatic heterocycles. The minimum atomic E-state index is 0.523. The monoisotopic (exact) mass is 350 g/mol. The third kappa shape index (κ3) is 11.1. The van der Waals surface area contributed by atoms with Crippen LogP contribution in [-0.4, -0.2) is 5.78 Å². The molecule has 0 aliphatic heterocycles. The van der Waals surface area contributed by atoms with Gasteiger partial charge in [0.15, 0.2) is 0 Å². The molecule has 0 spiro atoms. The van der Waals surface area contributed by atoms with E-state index in [1.54, 1.807) is 0 Å². The normalized spacial score (nSPS) is 17.1. The summed E-state index contributed by atoms with van der Waals surface area (Å²) in [5.41, 5.74) is 0.529. The maximum absolute atomic E-state index is 11.7. The summed E-state index contributed by atoms with van der Waals surface area (Å²) in [6.45, 7) is 4.58. The molecule has 1 aliphatic rings. The largest absolute Gasteiger partial charge is 0.300 e. The Kier molecular flexibility index (Phi) is 13.4. The topological polar surface area (TPSA) is 17.1 Å². The Hall–Kier alpha value is -0.330. The standard InChI is InChI=1S/C24H46O/c1-3-5-7-9-11-13-15-19-24(21-17-23(25)18-22-24)20-16-14-12-10-8-6-4-2/h3-22H2,1-2H3. The molecule has 0 amide bonds. The summed E-state index contributed by atoms with van der Waals surface area (Å²) in [7, 11) is 0. The van der Waals surface area contributed by atoms with Crippen molar-refractivity contribution >= 4 is 5.78 Å². The molecule has 0 aromatic rings. The lowest BCUT2D eigenvalue weighted by Crippen LogP contribution is -2.27. The van der Waals surface area contributed by atoms with E-state index in [0.717, 1.165) is 12.8 Å². The number of hydrogen-bond donors (Lipinski definition) is 0. The number of ketones is 1. The molecule has 0 heterocycles. The zero-order valence-corrected chi connectivity index (χ0v) is 17.6. The fraction of sp³-hybridized carbons (Fsp3) is 0.958. The summed E-state index contributed by atoms with van der Waals surface area (Å²) < 4.78 is 0. The molecule has 1 nitrogen and oxygen atoms in total. The maximum atomic E-state index is 11.7. The Morgan fingerprint density at radius 1 is 0.600 bits per heavy atom. The molecule has 1 saturated carbocycles. The van der Waals surface area contributed by atoms with Crippen LogP contribution < -0.4 is 0 Å². The molecule has 0 atom stereocenters. The smallest absolute Gasteiger partial charge is 0.132 e. The van der Waals surface area contributed by atoms with Crippen molar-refractivity contribution in [1.29, 1.82) is 0 Å². The Labute approximate surface area is 158 Å². The highest BCUT2D eigenvalue weighted by molar-refractivity contribution is 5.79. The van der Waals surface area contributed by atoms with Crippen molar-refractivity contribution in [1.82, 2.24) is 0 Å². The Balaban J connectivity index is 2.20. The van der Waals surface area contributed by atoms with Gasteiger partial charge in [-0.1, -0.05) is 104 Å². The zero-order chi connectivity index (χ0) is 18.2. The second-order valence-corrected chi connectivity index (χ2v) is 8.78. The SMILES string of the molecule is CCCCCCCCCC1(CCCCCCCCC)CCC(=O)CC1. The first kappa shape index (κ1) is 22.7. The molecule has 1 fully saturated rings. The summed E-state index contributed by atoms with van der Waals surface area (Å²) in [5.74, 6) is 0.523. The van der Waals surface area contributed by atoms with E-state index in [9.17, 15) is 4.79 Å². The van der Waals surface area contributed by atoms with Gasteiger partial charge in [0.1, 0.15) is 5.78 Å². The van der Waals surface area contributed by atoms with Crippen LogP contribution in [0.25, 0.3) is 0 Å². The van der Waals surface area contributed by atoms with Crippen molar-refractivity contribution < 1.29 is 4.79 Å². The van der Waals surface area contributed by atoms with Crippen molar-refractivity contribution in [3.05, 3.63) is 0 Å². The van der Waals surface area contributed by atoms with Crippen LogP contribution in [0.2, 0.25) is 0 Å². The van der Waals surface area contributed by atoms with Gasteiger partial charge in [-0.15, -0.1) is 0 Å².